The lowest BCUT2D eigenvalue weighted by Gasteiger charge is -2.23. The predicted octanol–water partition coefficient (Wildman–Crippen LogP) is 2.31. The number of methoxy groups -OCH3 is 1. The minimum atomic E-state index is -0.542. The van der Waals surface area contributed by atoms with E-state index in [0.29, 0.717) is 5.75 Å². The van der Waals surface area contributed by atoms with E-state index in [4.69, 9.17) is 9.47 Å². The Kier molecular flexibility index (Phi) is 3.45. The SMILES string of the molecule is COc1ccc([N+](=O)[O-])cc1OC(=O)C1CCC1. The van der Waals surface area contributed by atoms with Crippen molar-refractivity contribution >= 4 is 11.7 Å². The molecule has 1 aliphatic carbocycles. The van der Waals surface area contributed by atoms with Crippen LogP contribution in [0.1, 0.15) is 19.3 Å². The molecule has 6 nitrogen and oxygen atoms in total. The molecule has 0 radical (unpaired) electrons. The first-order valence-electron chi connectivity index (χ1n) is 5.66. The Hall–Kier alpha value is -2.11. The van der Waals surface area contributed by atoms with Crippen LogP contribution in [0, 0.1) is 16.0 Å². The molecule has 18 heavy (non-hydrogen) atoms. The average molecular weight is 251 g/mol. The van der Waals surface area contributed by atoms with E-state index in [1.165, 1.54) is 25.3 Å². The van der Waals surface area contributed by atoms with Crippen molar-refractivity contribution < 1.29 is 19.2 Å². The van der Waals surface area contributed by atoms with Crippen LogP contribution in [0.15, 0.2) is 18.2 Å². The number of hydrogen-bond donors (Lipinski definition) is 0. The molecule has 0 atom stereocenters. The van der Waals surface area contributed by atoms with Gasteiger partial charge in [-0.15, -0.1) is 0 Å². The Bertz CT molecular complexity index is 481. The molecule has 0 amide bonds. The number of nitro benzene ring substituents is 1. The molecule has 1 aliphatic rings. The molecule has 96 valence electrons. The van der Waals surface area contributed by atoms with Gasteiger partial charge in [0, 0.05) is 6.07 Å². The number of rotatable bonds is 4. The molecule has 0 aromatic heterocycles. The van der Waals surface area contributed by atoms with E-state index >= 15 is 0 Å². The number of hydrogen-bond acceptors (Lipinski definition) is 5. The van der Waals surface area contributed by atoms with Crippen LogP contribution in [0.25, 0.3) is 0 Å². The van der Waals surface area contributed by atoms with Crippen LogP contribution >= 0.6 is 0 Å². The number of nitrogens with zero attached hydrogens (tertiary/aromatic N) is 1. The smallest absolute Gasteiger partial charge is 0.314 e. The van der Waals surface area contributed by atoms with Crippen molar-refractivity contribution in [1.29, 1.82) is 0 Å². The zero-order valence-corrected chi connectivity index (χ0v) is 9.92. The maximum Gasteiger partial charge on any atom is 0.314 e. The average Bonchev–Trinajstić information content (AvgIpc) is 2.26. The van der Waals surface area contributed by atoms with E-state index in [9.17, 15) is 14.9 Å². The summed E-state index contributed by atoms with van der Waals surface area (Å²) in [7, 11) is 1.42. The number of ether oxygens (including phenoxy) is 2. The van der Waals surface area contributed by atoms with E-state index < -0.39 is 4.92 Å². The number of non-ortho nitro benzene ring substituents is 1. The summed E-state index contributed by atoms with van der Waals surface area (Å²) >= 11 is 0. The van der Waals surface area contributed by atoms with Gasteiger partial charge in [0.2, 0.25) is 0 Å². The van der Waals surface area contributed by atoms with Crippen LogP contribution in [0.5, 0.6) is 11.5 Å². The standard InChI is InChI=1S/C12H13NO5/c1-17-10-6-5-9(13(15)16)7-11(10)18-12(14)8-3-2-4-8/h5-8H,2-4H2,1H3. The van der Waals surface area contributed by atoms with E-state index in [2.05, 4.69) is 0 Å². The quantitative estimate of drug-likeness (QED) is 0.355. The molecule has 0 aliphatic heterocycles. The highest BCUT2D eigenvalue weighted by molar-refractivity contribution is 5.77. The zero-order chi connectivity index (χ0) is 13.1. The topological polar surface area (TPSA) is 78.7 Å². The fourth-order valence-electron chi connectivity index (χ4n) is 1.69. The first-order valence-corrected chi connectivity index (χ1v) is 5.66. The second-order valence-corrected chi connectivity index (χ2v) is 4.14. The van der Waals surface area contributed by atoms with Crippen molar-refractivity contribution in [2.75, 3.05) is 7.11 Å². The normalized spacial score (nSPS) is 14.7. The van der Waals surface area contributed by atoms with E-state index in [0.717, 1.165) is 19.3 Å². The van der Waals surface area contributed by atoms with E-state index in [1.54, 1.807) is 0 Å². The van der Waals surface area contributed by atoms with Gasteiger partial charge in [-0.2, -0.15) is 0 Å². The number of esters is 1. The summed E-state index contributed by atoms with van der Waals surface area (Å²) < 4.78 is 10.2. The Morgan fingerprint density at radius 3 is 2.61 bits per heavy atom. The third-order valence-electron chi connectivity index (χ3n) is 3.01. The highest BCUT2D eigenvalue weighted by Gasteiger charge is 2.28. The molecule has 0 saturated heterocycles. The largest absolute Gasteiger partial charge is 0.493 e. The second kappa shape index (κ2) is 5.03. The van der Waals surface area contributed by atoms with Gasteiger partial charge in [-0.1, -0.05) is 6.42 Å². The molecule has 0 spiro atoms. The Labute approximate surface area is 104 Å². The van der Waals surface area contributed by atoms with Crippen LogP contribution in [0.3, 0.4) is 0 Å². The number of nitro groups is 1. The number of carbonyl (C=O) groups excluding carboxylic acids is 1. The zero-order valence-electron chi connectivity index (χ0n) is 9.92. The van der Waals surface area contributed by atoms with Crippen molar-refractivity contribution in [3.63, 3.8) is 0 Å². The molecular weight excluding hydrogens is 238 g/mol. The van der Waals surface area contributed by atoms with Gasteiger partial charge in [0.1, 0.15) is 0 Å². The third kappa shape index (κ3) is 2.42. The van der Waals surface area contributed by atoms with Crippen LogP contribution in [-0.2, 0) is 4.79 Å². The summed E-state index contributed by atoms with van der Waals surface area (Å²) in [6, 6.07) is 3.93. The van der Waals surface area contributed by atoms with Gasteiger partial charge in [0.15, 0.2) is 11.5 Å². The van der Waals surface area contributed by atoms with Crippen LogP contribution < -0.4 is 9.47 Å². The van der Waals surface area contributed by atoms with Crippen molar-refractivity contribution in [3.05, 3.63) is 28.3 Å². The predicted molar refractivity (Wildman–Crippen MR) is 62.6 cm³/mol. The molecule has 1 aromatic carbocycles. The van der Waals surface area contributed by atoms with E-state index in [-0.39, 0.29) is 23.3 Å². The number of carbonyl (C=O) groups is 1. The lowest BCUT2D eigenvalue weighted by molar-refractivity contribution is -0.384. The third-order valence-corrected chi connectivity index (χ3v) is 3.01. The Morgan fingerprint density at radius 1 is 1.39 bits per heavy atom. The van der Waals surface area contributed by atoms with Crippen LogP contribution in [-0.4, -0.2) is 18.0 Å². The molecule has 1 fully saturated rings. The highest BCUT2D eigenvalue weighted by Crippen LogP contribution is 2.34. The summed E-state index contributed by atoms with van der Waals surface area (Å²) in [4.78, 5) is 21.8. The molecule has 6 heteroatoms. The number of benzene rings is 1. The van der Waals surface area contributed by atoms with Gasteiger partial charge < -0.3 is 9.47 Å². The molecule has 0 unspecified atom stereocenters. The first kappa shape index (κ1) is 12.3. The summed E-state index contributed by atoms with van der Waals surface area (Å²) in [5, 5.41) is 10.7. The van der Waals surface area contributed by atoms with Crippen molar-refractivity contribution in [2.24, 2.45) is 5.92 Å². The van der Waals surface area contributed by atoms with E-state index in [1.807, 2.05) is 0 Å². The first-order chi connectivity index (χ1) is 8.61. The van der Waals surface area contributed by atoms with Gasteiger partial charge in [-0.05, 0) is 18.9 Å². The van der Waals surface area contributed by atoms with Gasteiger partial charge in [-0.25, -0.2) is 0 Å². The van der Waals surface area contributed by atoms with Crippen LogP contribution in [0.4, 0.5) is 5.69 Å². The fourth-order valence-corrected chi connectivity index (χ4v) is 1.69. The van der Waals surface area contributed by atoms with Gasteiger partial charge in [-0.3, -0.25) is 14.9 Å². The lowest BCUT2D eigenvalue weighted by atomic mass is 9.86. The summed E-state index contributed by atoms with van der Waals surface area (Å²) in [6.45, 7) is 0. The van der Waals surface area contributed by atoms with Gasteiger partial charge in [0.05, 0.1) is 24.0 Å². The van der Waals surface area contributed by atoms with Gasteiger partial charge in [0.25, 0.3) is 5.69 Å². The summed E-state index contributed by atoms with van der Waals surface area (Å²) in [5.41, 5.74) is -0.132. The van der Waals surface area contributed by atoms with Crippen molar-refractivity contribution in [1.82, 2.24) is 0 Å². The molecule has 1 saturated carbocycles. The fraction of sp³-hybridized carbons (Fsp3) is 0.417. The molecule has 2 rings (SSSR count). The minimum Gasteiger partial charge on any atom is -0.493 e. The Morgan fingerprint density at radius 2 is 2.11 bits per heavy atom. The summed E-state index contributed by atoms with van der Waals surface area (Å²) in [5.74, 6) is -0.0223. The van der Waals surface area contributed by atoms with Crippen molar-refractivity contribution in [3.8, 4) is 11.5 Å². The molecule has 0 N–H and O–H groups in total. The molecule has 0 heterocycles. The Balaban J connectivity index is 2.20. The maximum absolute atomic E-state index is 11.7. The summed E-state index contributed by atoms with van der Waals surface area (Å²) in [6.07, 6.45) is 2.65. The molecule has 0 bridgehead atoms. The minimum absolute atomic E-state index is 0.0889. The molecular formula is C12H13NO5. The lowest BCUT2D eigenvalue weighted by Crippen LogP contribution is -2.26. The highest BCUT2D eigenvalue weighted by atomic mass is 16.6. The van der Waals surface area contributed by atoms with Gasteiger partial charge >= 0.3 is 5.97 Å². The maximum atomic E-state index is 11.7. The van der Waals surface area contributed by atoms with Crippen molar-refractivity contribution in [2.45, 2.75) is 19.3 Å². The second-order valence-electron chi connectivity index (χ2n) is 4.14. The van der Waals surface area contributed by atoms with Crippen LogP contribution in [0.2, 0.25) is 0 Å². The monoisotopic (exact) mass is 251 g/mol. The molecule has 1 aromatic rings.